The number of nitrogens with zero attached hydrogens (tertiary/aromatic N) is 3. The lowest BCUT2D eigenvalue weighted by molar-refractivity contribution is -0.125. The van der Waals surface area contributed by atoms with E-state index in [1.54, 1.807) is 6.20 Å². The molecule has 0 radical (unpaired) electrons. The van der Waals surface area contributed by atoms with Crippen molar-refractivity contribution in [3.8, 4) is 0 Å². The molecule has 1 aromatic heterocycles. The number of hydrogen-bond donors (Lipinski definition) is 1. The zero-order valence-corrected chi connectivity index (χ0v) is 15.8. The fraction of sp³-hybridized carbons (Fsp3) is 0.750. The summed E-state index contributed by atoms with van der Waals surface area (Å²) in [5.74, 6) is 1.68. The number of rotatable bonds is 3. The van der Waals surface area contributed by atoms with Crippen LogP contribution in [-0.2, 0) is 4.74 Å². The third-order valence-electron chi connectivity index (χ3n) is 6.52. The van der Waals surface area contributed by atoms with Crippen molar-refractivity contribution in [3.05, 3.63) is 23.3 Å². The Kier molecular flexibility index (Phi) is 4.73. The lowest BCUT2D eigenvalue weighted by Gasteiger charge is -2.48. The fourth-order valence-electron chi connectivity index (χ4n) is 4.53. The van der Waals surface area contributed by atoms with Gasteiger partial charge in [-0.05, 0) is 44.9 Å². The molecule has 1 aliphatic carbocycles. The molecule has 142 valence electrons. The van der Waals surface area contributed by atoms with Crippen molar-refractivity contribution in [3.63, 3.8) is 0 Å². The lowest BCUT2D eigenvalue weighted by Crippen LogP contribution is -2.57. The highest BCUT2D eigenvalue weighted by Gasteiger charge is 2.46. The minimum atomic E-state index is -0.693. The van der Waals surface area contributed by atoms with Gasteiger partial charge in [0.25, 0.3) is 5.91 Å². The van der Waals surface area contributed by atoms with Gasteiger partial charge in [0.2, 0.25) is 0 Å². The van der Waals surface area contributed by atoms with Gasteiger partial charge in [0, 0.05) is 44.3 Å². The van der Waals surface area contributed by atoms with E-state index in [1.807, 2.05) is 11.8 Å². The molecule has 2 saturated heterocycles. The van der Waals surface area contributed by atoms with Gasteiger partial charge in [0.15, 0.2) is 0 Å². The Morgan fingerprint density at radius 3 is 2.65 bits per heavy atom. The van der Waals surface area contributed by atoms with Crippen LogP contribution in [0.1, 0.15) is 66.8 Å². The summed E-state index contributed by atoms with van der Waals surface area (Å²) in [6.45, 7) is 6.58. The SMILES string of the molecule is Cc1nc(C2CC2)ncc1C(=O)N1CCC(O)(C2CCOCC2)C(C)C1. The standard InChI is InChI=1S/C20H29N3O3/c1-13-12-23(8-7-20(13,25)16-5-9-26-10-6-16)19(24)17-11-21-18(15-3-4-15)22-14(17)2/h11,13,15-16,25H,3-10,12H2,1-2H3. The molecule has 2 atom stereocenters. The van der Waals surface area contributed by atoms with E-state index >= 15 is 0 Å². The average Bonchev–Trinajstić information content (AvgIpc) is 3.49. The van der Waals surface area contributed by atoms with Crippen LogP contribution >= 0.6 is 0 Å². The van der Waals surface area contributed by atoms with Crippen LogP contribution < -0.4 is 0 Å². The summed E-state index contributed by atoms with van der Waals surface area (Å²) in [5, 5.41) is 11.3. The summed E-state index contributed by atoms with van der Waals surface area (Å²) < 4.78 is 5.44. The molecule has 3 aliphatic rings. The molecule has 3 heterocycles. The molecule has 1 N–H and O–H groups in total. The van der Waals surface area contributed by atoms with E-state index in [2.05, 4.69) is 16.9 Å². The number of hydrogen-bond acceptors (Lipinski definition) is 5. The number of piperidine rings is 1. The number of likely N-dealkylation sites (tertiary alicyclic amines) is 1. The summed E-state index contributed by atoms with van der Waals surface area (Å²) in [4.78, 5) is 23.8. The van der Waals surface area contributed by atoms with Crippen LogP contribution in [0.5, 0.6) is 0 Å². The Bertz CT molecular complexity index is 685. The Labute approximate surface area is 155 Å². The molecule has 4 rings (SSSR count). The van der Waals surface area contributed by atoms with Gasteiger partial charge in [-0.15, -0.1) is 0 Å². The van der Waals surface area contributed by atoms with Crippen LogP contribution in [0.3, 0.4) is 0 Å². The molecule has 3 fully saturated rings. The van der Waals surface area contributed by atoms with Gasteiger partial charge in [-0.1, -0.05) is 6.92 Å². The Hall–Kier alpha value is -1.53. The Balaban J connectivity index is 1.45. The van der Waals surface area contributed by atoms with E-state index in [-0.39, 0.29) is 17.7 Å². The van der Waals surface area contributed by atoms with Crippen molar-refractivity contribution >= 4 is 5.91 Å². The lowest BCUT2D eigenvalue weighted by atomic mass is 9.70. The van der Waals surface area contributed by atoms with Gasteiger partial charge in [-0.3, -0.25) is 4.79 Å². The summed E-state index contributed by atoms with van der Waals surface area (Å²) in [5.41, 5.74) is 0.671. The minimum Gasteiger partial charge on any atom is -0.389 e. The van der Waals surface area contributed by atoms with E-state index in [0.29, 0.717) is 31.0 Å². The van der Waals surface area contributed by atoms with Crippen LogP contribution in [-0.4, -0.2) is 57.8 Å². The van der Waals surface area contributed by atoms with Crippen LogP contribution in [0.15, 0.2) is 6.20 Å². The first-order valence-corrected chi connectivity index (χ1v) is 9.92. The number of carbonyl (C=O) groups excluding carboxylic acids is 1. The molecule has 2 unspecified atom stereocenters. The van der Waals surface area contributed by atoms with Crippen LogP contribution in [0.2, 0.25) is 0 Å². The largest absolute Gasteiger partial charge is 0.389 e. The van der Waals surface area contributed by atoms with Crippen molar-refractivity contribution in [2.45, 2.75) is 57.5 Å². The predicted octanol–water partition coefficient (Wildman–Crippen LogP) is 2.30. The smallest absolute Gasteiger partial charge is 0.257 e. The quantitative estimate of drug-likeness (QED) is 0.896. The van der Waals surface area contributed by atoms with E-state index in [4.69, 9.17) is 4.74 Å². The maximum Gasteiger partial charge on any atom is 0.257 e. The highest BCUT2D eigenvalue weighted by atomic mass is 16.5. The number of aliphatic hydroxyl groups is 1. The van der Waals surface area contributed by atoms with Crippen molar-refractivity contribution in [1.82, 2.24) is 14.9 Å². The first kappa shape index (κ1) is 17.9. The Morgan fingerprint density at radius 2 is 2.04 bits per heavy atom. The number of ether oxygens (including phenoxy) is 1. The van der Waals surface area contributed by atoms with Crippen LogP contribution in [0.4, 0.5) is 0 Å². The van der Waals surface area contributed by atoms with Gasteiger partial charge in [0.1, 0.15) is 5.82 Å². The molecule has 1 aromatic rings. The molecule has 1 saturated carbocycles. The molecular formula is C20H29N3O3. The summed E-state index contributed by atoms with van der Waals surface area (Å²) in [7, 11) is 0. The van der Waals surface area contributed by atoms with Crippen molar-refractivity contribution in [2.75, 3.05) is 26.3 Å². The summed E-state index contributed by atoms with van der Waals surface area (Å²) in [6, 6.07) is 0. The van der Waals surface area contributed by atoms with Gasteiger partial charge >= 0.3 is 0 Å². The molecular weight excluding hydrogens is 330 g/mol. The van der Waals surface area contributed by atoms with Crippen molar-refractivity contribution < 1.29 is 14.6 Å². The highest BCUT2D eigenvalue weighted by molar-refractivity contribution is 5.95. The molecule has 2 aliphatic heterocycles. The fourth-order valence-corrected chi connectivity index (χ4v) is 4.53. The molecule has 0 bridgehead atoms. The first-order chi connectivity index (χ1) is 12.5. The van der Waals surface area contributed by atoms with E-state index in [0.717, 1.165) is 50.4 Å². The summed E-state index contributed by atoms with van der Waals surface area (Å²) >= 11 is 0. The van der Waals surface area contributed by atoms with Crippen molar-refractivity contribution in [2.24, 2.45) is 11.8 Å². The van der Waals surface area contributed by atoms with Gasteiger partial charge in [0.05, 0.1) is 16.9 Å². The molecule has 6 nitrogen and oxygen atoms in total. The number of carbonyl (C=O) groups is 1. The highest BCUT2D eigenvalue weighted by Crippen LogP contribution is 2.40. The topological polar surface area (TPSA) is 75.6 Å². The number of aromatic nitrogens is 2. The second kappa shape index (κ2) is 6.89. The van der Waals surface area contributed by atoms with Gasteiger partial charge in [-0.2, -0.15) is 0 Å². The monoisotopic (exact) mass is 359 g/mol. The molecule has 6 heteroatoms. The number of aryl methyl sites for hydroxylation is 1. The number of amides is 1. The summed E-state index contributed by atoms with van der Waals surface area (Å²) in [6.07, 6.45) is 6.45. The zero-order chi connectivity index (χ0) is 18.3. The molecule has 0 spiro atoms. The van der Waals surface area contributed by atoms with Crippen molar-refractivity contribution in [1.29, 1.82) is 0 Å². The molecule has 26 heavy (non-hydrogen) atoms. The van der Waals surface area contributed by atoms with Gasteiger partial charge in [-0.25, -0.2) is 9.97 Å². The maximum atomic E-state index is 13.0. The van der Waals surface area contributed by atoms with E-state index < -0.39 is 5.60 Å². The van der Waals surface area contributed by atoms with E-state index in [1.165, 1.54) is 0 Å². The normalized spacial score (nSPS) is 30.4. The third kappa shape index (κ3) is 3.25. The average molecular weight is 359 g/mol. The van der Waals surface area contributed by atoms with Crippen LogP contribution in [0, 0.1) is 18.8 Å². The van der Waals surface area contributed by atoms with Crippen LogP contribution in [0.25, 0.3) is 0 Å². The molecule has 1 amide bonds. The second-order valence-corrected chi connectivity index (χ2v) is 8.28. The zero-order valence-electron chi connectivity index (χ0n) is 15.8. The third-order valence-corrected chi connectivity index (χ3v) is 6.52. The predicted molar refractivity (Wildman–Crippen MR) is 96.9 cm³/mol. The minimum absolute atomic E-state index is 0.00859. The second-order valence-electron chi connectivity index (χ2n) is 8.28. The van der Waals surface area contributed by atoms with E-state index in [9.17, 15) is 9.90 Å². The maximum absolute atomic E-state index is 13.0. The van der Waals surface area contributed by atoms with Gasteiger partial charge < -0.3 is 14.7 Å². The molecule has 0 aromatic carbocycles. The Morgan fingerprint density at radius 1 is 1.31 bits per heavy atom. The first-order valence-electron chi connectivity index (χ1n) is 9.92.